The summed E-state index contributed by atoms with van der Waals surface area (Å²) < 4.78 is 39.9. The summed E-state index contributed by atoms with van der Waals surface area (Å²) in [5.41, 5.74) is 4.14. The van der Waals surface area contributed by atoms with Gasteiger partial charge < -0.3 is 23.5 Å². The fourth-order valence-electron chi connectivity index (χ4n) is 5.11. The fraction of sp³-hybridized carbons (Fsp3) is 0.286. The molecule has 7 nitrogen and oxygen atoms in total. The first-order valence-electron chi connectivity index (χ1n) is 11.9. The maximum atomic E-state index is 15.0. The number of aryl methyl sites for hydroxylation is 1. The van der Waals surface area contributed by atoms with Gasteiger partial charge in [-0.25, -0.2) is 9.37 Å². The van der Waals surface area contributed by atoms with Gasteiger partial charge in [0.25, 0.3) is 0 Å². The molecule has 0 fully saturated rings. The Balaban J connectivity index is 1.22. The number of halogens is 1. The molecule has 36 heavy (non-hydrogen) atoms. The second-order valence-electron chi connectivity index (χ2n) is 9.18. The van der Waals surface area contributed by atoms with Crippen molar-refractivity contribution in [3.05, 3.63) is 77.4 Å². The second-order valence-corrected chi connectivity index (χ2v) is 9.18. The van der Waals surface area contributed by atoms with Crippen LogP contribution in [0.1, 0.15) is 41.6 Å². The van der Waals surface area contributed by atoms with E-state index in [9.17, 15) is 9.18 Å². The van der Waals surface area contributed by atoms with Gasteiger partial charge >= 0.3 is 5.97 Å². The van der Waals surface area contributed by atoms with E-state index in [4.69, 9.17) is 18.9 Å². The predicted octanol–water partition coefficient (Wildman–Crippen LogP) is 5.61. The minimum Gasteiger partial charge on any atom is -0.492 e. The van der Waals surface area contributed by atoms with Crippen molar-refractivity contribution in [1.29, 1.82) is 0 Å². The highest BCUT2D eigenvalue weighted by Gasteiger charge is 2.32. The molecule has 0 saturated heterocycles. The van der Waals surface area contributed by atoms with Crippen molar-refractivity contribution < 1.29 is 28.1 Å². The summed E-state index contributed by atoms with van der Waals surface area (Å²) in [6.45, 7) is 0.416. The van der Waals surface area contributed by atoms with Gasteiger partial charge in [0, 0.05) is 41.8 Å². The molecular weight excluding hydrogens is 463 g/mol. The van der Waals surface area contributed by atoms with Crippen molar-refractivity contribution >= 4 is 17.0 Å². The standard InChI is InChI=1S/C28H25FN2O5/c1-31-15-30-22-12-17(4-8-23(22)31)35-24-10-7-21(29)28-20(24)6-9-25(28)36-18-3-5-19-16(11-27(32)33-2)14-34-26(19)13-18/h3-5,7-8,10,12-13,15-16,25H,6,9,11,14H2,1-2H3/t16-,25-/m1/s1. The lowest BCUT2D eigenvalue weighted by Gasteiger charge is -2.17. The zero-order chi connectivity index (χ0) is 24.8. The molecule has 184 valence electrons. The van der Waals surface area contributed by atoms with Gasteiger partial charge in [0.2, 0.25) is 0 Å². The lowest BCUT2D eigenvalue weighted by atomic mass is 9.98. The molecular formula is C28H25FN2O5. The van der Waals surface area contributed by atoms with Crippen LogP contribution in [0.25, 0.3) is 11.0 Å². The molecule has 2 aliphatic rings. The van der Waals surface area contributed by atoms with Crippen LogP contribution in [0.2, 0.25) is 0 Å². The smallest absolute Gasteiger partial charge is 0.306 e. The van der Waals surface area contributed by atoms with E-state index in [-0.39, 0.29) is 24.1 Å². The summed E-state index contributed by atoms with van der Waals surface area (Å²) in [6, 6.07) is 14.4. The van der Waals surface area contributed by atoms with Crippen LogP contribution in [0.4, 0.5) is 4.39 Å². The topological polar surface area (TPSA) is 71.8 Å². The molecule has 0 saturated carbocycles. The summed E-state index contributed by atoms with van der Waals surface area (Å²) in [5, 5.41) is 0. The Morgan fingerprint density at radius 1 is 1.17 bits per heavy atom. The Morgan fingerprint density at radius 3 is 2.89 bits per heavy atom. The molecule has 2 atom stereocenters. The number of hydrogen-bond acceptors (Lipinski definition) is 6. The number of carbonyl (C=O) groups is 1. The first-order valence-corrected chi connectivity index (χ1v) is 11.9. The van der Waals surface area contributed by atoms with E-state index in [0.29, 0.717) is 48.0 Å². The average molecular weight is 489 g/mol. The van der Waals surface area contributed by atoms with E-state index in [1.54, 1.807) is 12.4 Å². The molecule has 0 radical (unpaired) electrons. The van der Waals surface area contributed by atoms with Crippen molar-refractivity contribution in [2.75, 3.05) is 13.7 Å². The SMILES string of the molecule is COC(=O)C[C@@H]1COc2cc(O[C@@H]3CCc4c(Oc5ccc6c(c5)ncn6C)ccc(F)c43)ccc21. The largest absolute Gasteiger partial charge is 0.492 e. The number of imidazole rings is 1. The molecule has 8 heteroatoms. The maximum Gasteiger partial charge on any atom is 0.306 e. The third kappa shape index (κ3) is 3.92. The van der Waals surface area contributed by atoms with Crippen LogP contribution >= 0.6 is 0 Å². The molecule has 0 N–H and O–H groups in total. The van der Waals surface area contributed by atoms with E-state index >= 15 is 0 Å². The molecule has 6 rings (SSSR count). The number of ether oxygens (including phenoxy) is 4. The van der Waals surface area contributed by atoms with Gasteiger partial charge in [-0.05, 0) is 43.2 Å². The minimum absolute atomic E-state index is 0.0452. The molecule has 0 unspecified atom stereocenters. The number of carbonyl (C=O) groups excluding carboxylic acids is 1. The summed E-state index contributed by atoms with van der Waals surface area (Å²) >= 11 is 0. The van der Waals surface area contributed by atoms with Crippen molar-refractivity contribution in [2.45, 2.75) is 31.3 Å². The van der Waals surface area contributed by atoms with Gasteiger partial charge in [-0.1, -0.05) is 6.07 Å². The average Bonchev–Trinajstić information content (AvgIpc) is 3.59. The zero-order valence-corrected chi connectivity index (χ0v) is 20.0. The predicted molar refractivity (Wildman–Crippen MR) is 130 cm³/mol. The van der Waals surface area contributed by atoms with E-state index in [0.717, 1.165) is 22.2 Å². The number of hydrogen-bond donors (Lipinski definition) is 0. The van der Waals surface area contributed by atoms with Gasteiger partial charge in [0.15, 0.2) is 0 Å². The Labute approximate surface area is 207 Å². The third-order valence-corrected chi connectivity index (χ3v) is 6.95. The van der Waals surface area contributed by atoms with Crippen LogP contribution < -0.4 is 14.2 Å². The molecule has 4 aromatic rings. The molecule has 1 aliphatic heterocycles. The van der Waals surface area contributed by atoms with Gasteiger partial charge in [0.1, 0.15) is 34.9 Å². The van der Waals surface area contributed by atoms with E-state index in [1.807, 2.05) is 48.0 Å². The Kier molecular flexibility index (Phi) is 5.51. The number of esters is 1. The normalized spacial score (nSPS) is 18.0. The maximum absolute atomic E-state index is 15.0. The molecule has 1 aromatic heterocycles. The van der Waals surface area contributed by atoms with E-state index in [2.05, 4.69) is 4.98 Å². The van der Waals surface area contributed by atoms with Crippen molar-refractivity contribution in [3.63, 3.8) is 0 Å². The lowest BCUT2D eigenvalue weighted by Crippen LogP contribution is -2.09. The Bertz CT molecular complexity index is 1480. The van der Waals surface area contributed by atoms with E-state index in [1.165, 1.54) is 13.2 Å². The summed E-state index contributed by atoms with van der Waals surface area (Å²) in [7, 11) is 3.32. The first kappa shape index (κ1) is 22.4. The number of aromatic nitrogens is 2. The van der Waals surface area contributed by atoms with Gasteiger partial charge in [-0.2, -0.15) is 0 Å². The minimum atomic E-state index is -0.438. The van der Waals surface area contributed by atoms with Crippen LogP contribution in [-0.4, -0.2) is 29.2 Å². The summed E-state index contributed by atoms with van der Waals surface area (Å²) in [5.74, 6) is 1.92. The molecule has 1 aliphatic carbocycles. The van der Waals surface area contributed by atoms with Gasteiger partial charge in [-0.15, -0.1) is 0 Å². The first-order chi connectivity index (χ1) is 17.5. The summed E-state index contributed by atoms with van der Waals surface area (Å²) in [6.07, 6.45) is 2.86. The molecule has 0 amide bonds. The van der Waals surface area contributed by atoms with Crippen LogP contribution in [-0.2, 0) is 23.0 Å². The highest BCUT2D eigenvalue weighted by Crippen LogP contribution is 2.44. The van der Waals surface area contributed by atoms with Crippen LogP contribution in [0.3, 0.4) is 0 Å². The Morgan fingerprint density at radius 2 is 2.03 bits per heavy atom. The van der Waals surface area contributed by atoms with Gasteiger partial charge in [-0.3, -0.25) is 4.79 Å². The fourth-order valence-corrected chi connectivity index (χ4v) is 5.11. The number of benzene rings is 3. The third-order valence-electron chi connectivity index (χ3n) is 6.95. The van der Waals surface area contributed by atoms with Crippen molar-refractivity contribution in [2.24, 2.45) is 7.05 Å². The summed E-state index contributed by atoms with van der Waals surface area (Å²) in [4.78, 5) is 16.1. The van der Waals surface area contributed by atoms with Crippen LogP contribution in [0, 0.1) is 5.82 Å². The molecule has 3 aromatic carbocycles. The molecule has 0 spiro atoms. The number of methoxy groups -OCH3 is 1. The van der Waals surface area contributed by atoms with Crippen LogP contribution in [0.15, 0.2) is 54.9 Å². The van der Waals surface area contributed by atoms with Crippen LogP contribution in [0.5, 0.6) is 23.0 Å². The Hall–Kier alpha value is -4.07. The zero-order valence-electron chi connectivity index (χ0n) is 20.0. The molecule has 0 bridgehead atoms. The highest BCUT2D eigenvalue weighted by molar-refractivity contribution is 5.77. The lowest BCUT2D eigenvalue weighted by molar-refractivity contribution is -0.141. The monoisotopic (exact) mass is 488 g/mol. The quantitative estimate of drug-likeness (QED) is 0.329. The van der Waals surface area contributed by atoms with Crippen molar-refractivity contribution in [3.8, 4) is 23.0 Å². The molecule has 2 heterocycles. The number of rotatable bonds is 6. The number of nitrogens with zero attached hydrogens (tertiary/aromatic N) is 2. The second kappa shape index (κ2) is 8.86. The van der Waals surface area contributed by atoms with E-state index < -0.39 is 6.10 Å². The van der Waals surface area contributed by atoms with Gasteiger partial charge in [0.05, 0.1) is 37.5 Å². The highest BCUT2D eigenvalue weighted by atomic mass is 19.1. The number of fused-ring (bicyclic) bond motifs is 3. The van der Waals surface area contributed by atoms with Crippen molar-refractivity contribution in [1.82, 2.24) is 9.55 Å².